The molecule has 1 heterocycles. The summed E-state index contributed by atoms with van der Waals surface area (Å²) in [5.74, 6) is -0.0469. The Hall–Kier alpha value is -0.900. The number of nitrogens with one attached hydrogen (secondary N) is 1. The van der Waals surface area contributed by atoms with E-state index in [1.165, 1.54) is 0 Å². The van der Waals surface area contributed by atoms with Crippen molar-refractivity contribution in [3.05, 3.63) is 28.5 Å². The van der Waals surface area contributed by atoms with Crippen LogP contribution in [0.2, 0.25) is 0 Å². The van der Waals surface area contributed by atoms with E-state index in [0.717, 1.165) is 12.8 Å². The highest BCUT2D eigenvalue weighted by Crippen LogP contribution is 2.15. The van der Waals surface area contributed by atoms with Crippen LogP contribution in [0.15, 0.2) is 22.9 Å². The van der Waals surface area contributed by atoms with E-state index in [0.29, 0.717) is 10.2 Å². The molecule has 1 aromatic rings. The molecule has 3 nitrogen and oxygen atoms in total. The van der Waals surface area contributed by atoms with Crippen molar-refractivity contribution in [1.82, 2.24) is 10.3 Å². The smallest absolute Gasteiger partial charge is 0.251 e. The molecule has 0 aliphatic rings. The van der Waals surface area contributed by atoms with Crippen LogP contribution in [0.1, 0.15) is 44.0 Å². The molecule has 0 aliphatic carbocycles. The molecule has 1 N–H and O–H groups in total. The van der Waals surface area contributed by atoms with E-state index < -0.39 is 0 Å². The lowest BCUT2D eigenvalue weighted by atomic mass is 9.95. The molecule has 0 bridgehead atoms. The molecular weight excluding hydrogens is 268 g/mol. The van der Waals surface area contributed by atoms with Gasteiger partial charge in [0.2, 0.25) is 0 Å². The summed E-state index contributed by atoms with van der Waals surface area (Å²) in [7, 11) is 0. The van der Waals surface area contributed by atoms with Gasteiger partial charge in [-0.25, -0.2) is 4.98 Å². The number of hydrogen-bond donors (Lipinski definition) is 1. The largest absolute Gasteiger partial charge is 0.347 e. The molecule has 1 amide bonds. The fourth-order valence-corrected chi connectivity index (χ4v) is 1.68. The fourth-order valence-electron chi connectivity index (χ4n) is 1.32. The number of halogens is 1. The zero-order chi connectivity index (χ0) is 12.2. The van der Waals surface area contributed by atoms with Gasteiger partial charge in [0.05, 0.1) is 0 Å². The zero-order valence-electron chi connectivity index (χ0n) is 9.88. The van der Waals surface area contributed by atoms with Crippen LogP contribution in [0.3, 0.4) is 0 Å². The first-order chi connectivity index (χ1) is 7.50. The lowest BCUT2D eigenvalue weighted by Gasteiger charge is -2.28. The molecule has 0 spiro atoms. The van der Waals surface area contributed by atoms with Gasteiger partial charge in [-0.1, -0.05) is 13.8 Å². The van der Waals surface area contributed by atoms with E-state index in [1.807, 2.05) is 0 Å². The van der Waals surface area contributed by atoms with Crippen molar-refractivity contribution >= 4 is 21.8 Å². The van der Waals surface area contributed by atoms with Crippen LogP contribution < -0.4 is 5.32 Å². The molecular formula is C12H17BrN2O. The van der Waals surface area contributed by atoms with Gasteiger partial charge >= 0.3 is 0 Å². The molecule has 4 heteroatoms. The van der Waals surface area contributed by atoms with E-state index in [9.17, 15) is 4.79 Å². The summed E-state index contributed by atoms with van der Waals surface area (Å²) in [4.78, 5) is 16.0. The minimum Gasteiger partial charge on any atom is -0.347 e. The molecule has 0 aliphatic heterocycles. The average Bonchev–Trinajstić information content (AvgIpc) is 2.29. The summed E-state index contributed by atoms with van der Waals surface area (Å²) >= 11 is 3.25. The summed E-state index contributed by atoms with van der Waals surface area (Å²) in [6.07, 6.45) is 3.46. The average molecular weight is 285 g/mol. The van der Waals surface area contributed by atoms with E-state index in [1.54, 1.807) is 18.3 Å². The summed E-state index contributed by atoms with van der Waals surface area (Å²) in [6.45, 7) is 6.21. The summed E-state index contributed by atoms with van der Waals surface area (Å²) in [6, 6.07) is 3.44. The van der Waals surface area contributed by atoms with E-state index in [4.69, 9.17) is 0 Å². The van der Waals surface area contributed by atoms with Gasteiger partial charge in [0.25, 0.3) is 5.91 Å². The van der Waals surface area contributed by atoms with Crippen LogP contribution in [0, 0.1) is 0 Å². The van der Waals surface area contributed by atoms with Crippen molar-refractivity contribution in [1.29, 1.82) is 0 Å². The predicted octanol–water partition coefficient (Wildman–Crippen LogP) is 3.15. The second kappa shape index (κ2) is 5.43. The third-order valence-corrected chi connectivity index (χ3v) is 3.40. The van der Waals surface area contributed by atoms with Crippen LogP contribution >= 0.6 is 15.9 Å². The first-order valence-electron chi connectivity index (χ1n) is 5.45. The third kappa shape index (κ3) is 3.30. The molecule has 0 saturated heterocycles. The van der Waals surface area contributed by atoms with Gasteiger partial charge < -0.3 is 5.32 Å². The number of nitrogens with zero attached hydrogens (tertiary/aromatic N) is 1. The summed E-state index contributed by atoms with van der Waals surface area (Å²) in [5.41, 5.74) is 0.502. The Morgan fingerprint density at radius 3 is 2.62 bits per heavy atom. The third-order valence-electron chi connectivity index (χ3n) is 2.96. The Labute approximate surface area is 105 Å². The molecule has 0 fully saturated rings. The number of pyridine rings is 1. The Morgan fingerprint density at radius 1 is 1.50 bits per heavy atom. The van der Waals surface area contributed by atoms with Gasteiger partial charge in [0, 0.05) is 17.3 Å². The monoisotopic (exact) mass is 284 g/mol. The van der Waals surface area contributed by atoms with Crippen molar-refractivity contribution in [3.8, 4) is 0 Å². The Kier molecular flexibility index (Phi) is 4.47. The molecule has 16 heavy (non-hydrogen) atoms. The Morgan fingerprint density at radius 2 is 2.12 bits per heavy atom. The van der Waals surface area contributed by atoms with E-state index in [2.05, 4.69) is 47.0 Å². The van der Waals surface area contributed by atoms with E-state index >= 15 is 0 Å². The number of amides is 1. The standard InChI is InChI=1S/C12H17BrN2O/c1-4-12(3,5-2)15-11(16)9-6-7-14-10(13)8-9/h6-8H,4-5H2,1-3H3,(H,15,16). The SMILES string of the molecule is CCC(C)(CC)NC(=O)c1ccnc(Br)c1. The molecule has 1 rings (SSSR count). The number of hydrogen-bond acceptors (Lipinski definition) is 2. The minimum absolute atomic E-state index is 0.0469. The first-order valence-corrected chi connectivity index (χ1v) is 6.24. The maximum atomic E-state index is 12.0. The molecule has 0 atom stereocenters. The predicted molar refractivity (Wildman–Crippen MR) is 68.4 cm³/mol. The highest BCUT2D eigenvalue weighted by Gasteiger charge is 2.22. The van der Waals surface area contributed by atoms with Gasteiger partial charge in [0.15, 0.2) is 0 Å². The molecule has 88 valence electrons. The Balaban J connectivity index is 2.80. The summed E-state index contributed by atoms with van der Waals surface area (Å²) < 4.78 is 0.676. The second-order valence-corrected chi connectivity index (χ2v) is 4.90. The fraction of sp³-hybridized carbons (Fsp3) is 0.500. The van der Waals surface area contributed by atoms with Crippen LogP contribution in [-0.4, -0.2) is 16.4 Å². The molecule has 1 aromatic heterocycles. The van der Waals surface area contributed by atoms with Gasteiger partial charge in [-0.05, 0) is 47.8 Å². The molecule has 0 aromatic carbocycles. The highest BCUT2D eigenvalue weighted by molar-refractivity contribution is 9.10. The number of aromatic nitrogens is 1. The number of rotatable bonds is 4. The maximum Gasteiger partial charge on any atom is 0.251 e. The Bertz CT molecular complexity index is 375. The normalized spacial score (nSPS) is 11.2. The topological polar surface area (TPSA) is 42.0 Å². The maximum absolute atomic E-state index is 12.0. The molecule has 0 unspecified atom stereocenters. The molecule has 0 saturated carbocycles. The van der Waals surface area contributed by atoms with Crippen LogP contribution in [-0.2, 0) is 0 Å². The van der Waals surface area contributed by atoms with Crippen LogP contribution in [0.5, 0.6) is 0 Å². The molecule has 0 radical (unpaired) electrons. The number of carbonyl (C=O) groups excluding carboxylic acids is 1. The van der Waals surface area contributed by atoms with Gasteiger partial charge in [-0.3, -0.25) is 4.79 Å². The van der Waals surface area contributed by atoms with Gasteiger partial charge in [0.1, 0.15) is 4.60 Å². The lowest BCUT2D eigenvalue weighted by Crippen LogP contribution is -2.44. The summed E-state index contributed by atoms with van der Waals surface area (Å²) in [5, 5.41) is 3.05. The van der Waals surface area contributed by atoms with Crippen molar-refractivity contribution in [2.75, 3.05) is 0 Å². The zero-order valence-corrected chi connectivity index (χ0v) is 11.5. The number of carbonyl (C=O) groups is 1. The minimum atomic E-state index is -0.132. The van der Waals surface area contributed by atoms with Crippen LogP contribution in [0.25, 0.3) is 0 Å². The van der Waals surface area contributed by atoms with Crippen LogP contribution in [0.4, 0.5) is 0 Å². The second-order valence-electron chi connectivity index (χ2n) is 4.09. The first kappa shape index (κ1) is 13.2. The van der Waals surface area contributed by atoms with Crippen molar-refractivity contribution < 1.29 is 4.79 Å². The van der Waals surface area contributed by atoms with Crippen molar-refractivity contribution in [2.45, 2.75) is 39.2 Å². The van der Waals surface area contributed by atoms with Gasteiger partial charge in [-0.15, -0.1) is 0 Å². The van der Waals surface area contributed by atoms with E-state index in [-0.39, 0.29) is 11.4 Å². The lowest BCUT2D eigenvalue weighted by molar-refractivity contribution is 0.0901. The van der Waals surface area contributed by atoms with Crippen molar-refractivity contribution in [3.63, 3.8) is 0 Å². The quantitative estimate of drug-likeness (QED) is 0.863. The highest BCUT2D eigenvalue weighted by atomic mass is 79.9. The van der Waals surface area contributed by atoms with Gasteiger partial charge in [-0.2, -0.15) is 0 Å². The van der Waals surface area contributed by atoms with Crippen molar-refractivity contribution in [2.24, 2.45) is 0 Å².